The molecule has 0 spiro atoms. The molecule has 1 aromatic carbocycles. The highest BCUT2D eigenvalue weighted by molar-refractivity contribution is 5.78. The van der Waals surface area contributed by atoms with E-state index in [1.54, 1.807) is 24.3 Å². The van der Waals surface area contributed by atoms with Gasteiger partial charge in [0.2, 0.25) is 5.91 Å². The Hall–Kier alpha value is -1.59. The van der Waals surface area contributed by atoms with Crippen molar-refractivity contribution < 1.29 is 15.0 Å². The molecule has 0 aromatic heterocycles. The number of nitrogens with zero attached hydrogens (tertiary/aromatic N) is 1. The molecule has 5 nitrogen and oxygen atoms in total. The van der Waals surface area contributed by atoms with Crippen LogP contribution in [0.25, 0.3) is 0 Å². The summed E-state index contributed by atoms with van der Waals surface area (Å²) in [5.41, 5.74) is 7.07. The van der Waals surface area contributed by atoms with E-state index in [2.05, 4.69) is 0 Å². The minimum absolute atomic E-state index is 0.104. The molecule has 1 aromatic rings. The van der Waals surface area contributed by atoms with Crippen LogP contribution in [0.15, 0.2) is 24.3 Å². The first-order valence-corrected chi connectivity index (χ1v) is 5.51. The summed E-state index contributed by atoms with van der Waals surface area (Å²) < 4.78 is 0. The highest BCUT2D eigenvalue weighted by Gasteiger charge is 2.12. The van der Waals surface area contributed by atoms with Crippen molar-refractivity contribution in [1.82, 2.24) is 4.90 Å². The predicted octanol–water partition coefficient (Wildman–Crippen LogP) is -0.375. The molecule has 0 aliphatic rings. The van der Waals surface area contributed by atoms with Gasteiger partial charge in [-0.1, -0.05) is 12.1 Å². The van der Waals surface area contributed by atoms with Gasteiger partial charge in [-0.05, 0) is 17.7 Å². The maximum atomic E-state index is 11.8. The Morgan fingerprint density at radius 3 is 2.12 bits per heavy atom. The Morgan fingerprint density at radius 1 is 1.12 bits per heavy atom. The second-order valence-corrected chi connectivity index (χ2v) is 3.75. The number of carbonyl (C=O) groups excluding carboxylic acids is 1. The van der Waals surface area contributed by atoms with Crippen LogP contribution in [0.1, 0.15) is 5.56 Å². The first kappa shape index (κ1) is 13.5. The zero-order valence-corrected chi connectivity index (χ0v) is 9.67. The van der Waals surface area contributed by atoms with Crippen molar-refractivity contribution in [3.63, 3.8) is 0 Å². The van der Waals surface area contributed by atoms with Gasteiger partial charge in [0.1, 0.15) is 0 Å². The number of nitrogens with two attached hydrogens (primary N) is 1. The van der Waals surface area contributed by atoms with Crippen molar-refractivity contribution in [2.24, 2.45) is 0 Å². The van der Waals surface area contributed by atoms with Crippen LogP contribution in [-0.2, 0) is 11.2 Å². The zero-order chi connectivity index (χ0) is 12.7. The number of aliphatic hydroxyl groups excluding tert-OH is 2. The molecular formula is C12H18N2O3. The standard InChI is InChI=1S/C12H18N2O3/c13-11-3-1-10(2-4-11)9-12(17)14(5-7-15)6-8-16/h1-4,15-16H,5-9,13H2. The molecule has 0 atom stereocenters. The minimum atomic E-state index is -0.113. The van der Waals surface area contributed by atoms with Crippen molar-refractivity contribution in [2.45, 2.75) is 6.42 Å². The lowest BCUT2D eigenvalue weighted by Crippen LogP contribution is -2.36. The normalized spacial score (nSPS) is 10.2. The molecule has 0 fully saturated rings. The number of benzene rings is 1. The highest BCUT2D eigenvalue weighted by Crippen LogP contribution is 2.07. The highest BCUT2D eigenvalue weighted by atomic mass is 16.3. The SMILES string of the molecule is Nc1ccc(CC(=O)N(CCO)CCO)cc1. The number of nitrogen functional groups attached to an aromatic ring is 1. The van der Waals surface area contributed by atoms with E-state index in [1.165, 1.54) is 4.90 Å². The lowest BCUT2D eigenvalue weighted by Gasteiger charge is -2.20. The van der Waals surface area contributed by atoms with Crippen molar-refractivity contribution in [1.29, 1.82) is 0 Å². The van der Waals surface area contributed by atoms with Gasteiger partial charge in [-0.3, -0.25) is 4.79 Å². The molecule has 0 bridgehead atoms. The Balaban J connectivity index is 2.59. The van der Waals surface area contributed by atoms with E-state index in [9.17, 15) is 4.79 Å². The molecule has 0 aliphatic heterocycles. The van der Waals surface area contributed by atoms with Gasteiger partial charge in [-0.15, -0.1) is 0 Å². The molecule has 0 saturated carbocycles. The lowest BCUT2D eigenvalue weighted by atomic mass is 10.1. The van der Waals surface area contributed by atoms with Crippen LogP contribution in [0.2, 0.25) is 0 Å². The van der Waals surface area contributed by atoms with E-state index in [0.29, 0.717) is 5.69 Å². The maximum absolute atomic E-state index is 11.8. The van der Waals surface area contributed by atoms with Gasteiger partial charge in [0.05, 0.1) is 19.6 Å². The topological polar surface area (TPSA) is 86.8 Å². The Kier molecular flexibility index (Phi) is 5.45. The lowest BCUT2D eigenvalue weighted by molar-refractivity contribution is -0.131. The molecule has 0 saturated heterocycles. The fourth-order valence-electron chi connectivity index (χ4n) is 1.52. The molecule has 0 radical (unpaired) electrons. The molecule has 0 unspecified atom stereocenters. The monoisotopic (exact) mass is 238 g/mol. The summed E-state index contributed by atoms with van der Waals surface area (Å²) in [4.78, 5) is 13.3. The van der Waals surface area contributed by atoms with Gasteiger partial charge in [0, 0.05) is 18.8 Å². The summed E-state index contributed by atoms with van der Waals surface area (Å²) >= 11 is 0. The number of hydrogen-bond donors (Lipinski definition) is 3. The third-order valence-electron chi connectivity index (χ3n) is 2.43. The third kappa shape index (κ3) is 4.42. The molecule has 17 heavy (non-hydrogen) atoms. The third-order valence-corrected chi connectivity index (χ3v) is 2.43. The minimum Gasteiger partial charge on any atom is -0.399 e. The number of rotatable bonds is 6. The van der Waals surface area contributed by atoms with Crippen LogP contribution in [0.5, 0.6) is 0 Å². The van der Waals surface area contributed by atoms with Gasteiger partial charge in [-0.25, -0.2) is 0 Å². The summed E-state index contributed by atoms with van der Waals surface area (Å²) in [5.74, 6) is -0.113. The summed E-state index contributed by atoms with van der Waals surface area (Å²) in [6.45, 7) is 0.281. The van der Waals surface area contributed by atoms with Crippen molar-refractivity contribution in [2.75, 3.05) is 32.0 Å². The number of amides is 1. The zero-order valence-electron chi connectivity index (χ0n) is 9.67. The fraction of sp³-hybridized carbons (Fsp3) is 0.417. The van der Waals surface area contributed by atoms with Crippen LogP contribution in [-0.4, -0.2) is 47.3 Å². The molecular weight excluding hydrogens is 220 g/mol. The quantitative estimate of drug-likeness (QED) is 0.590. The molecule has 0 heterocycles. The van der Waals surface area contributed by atoms with E-state index >= 15 is 0 Å². The number of carbonyl (C=O) groups is 1. The van der Waals surface area contributed by atoms with Crippen molar-refractivity contribution in [3.05, 3.63) is 29.8 Å². The molecule has 1 amide bonds. The molecule has 1 rings (SSSR count). The van der Waals surface area contributed by atoms with E-state index in [4.69, 9.17) is 15.9 Å². The first-order valence-electron chi connectivity index (χ1n) is 5.51. The van der Waals surface area contributed by atoms with Gasteiger partial charge < -0.3 is 20.8 Å². The number of hydrogen-bond acceptors (Lipinski definition) is 4. The summed E-state index contributed by atoms with van der Waals surface area (Å²) in [5, 5.41) is 17.6. The van der Waals surface area contributed by atoms with Gasteiger partial charge >= 0.3 is 0 Å². The molecule has 4 N–H and O–H groups in total. The van der Waals surface area contributed by atoms with E-state index in [1.807, 2.05) is 0 Å². The fourth-order valence-corrected chi connectivity index (χ4v) is 1.52. The number of anilines is 1. The summed E-state index contributed by atoms with van der Waals surface area (Å²) in [6.07, 6.45) is 0.250. The first-order chi connectivity index (χ1) is 8.17. The van der Waals surface area contributed by atoms with Crippen LogP contribution < -0.4 is 5.73 Å². The average molecular weight is 238 g/mol. The summed E-state index contributed by atoms with van der Waals surface area (Å²) in [7, 11) is 0. The molecule has 94 valence electrons. The predicted molar refractivity (Wildman–Crippen MR) is 65.3 cm³/mol. The van der Waals surface area contributed by atoms with E-state index in [0.717, 1.165) is 5.56 Å². The second kappa shape index (κ2) is 6.88. The van der Waals surface area contributed by atoms with Crippen LogP contribution >= 0.6 is 0 Å². The Labute approximate surface area is 100 Å². The Bertz CT molecular complexity index is 345. The number of aliphatic hydroxyl groups is 2. The second-order valence-electron chi connectivity index (χ2n) is 3.75. The van der Waals surface area contributed by atoms with Crippen LogP contribution in [0.3, 0.4) is 0 Å². The largest absolute Gasteiger partial charge is 0.399 e. The maximum Gasteiger partial charge on any atom is 0.227 e. The van der Waals surface area contributed by atoms with Gasteiger partial charge in [0.25, 0.3) is 0 Å². The van der Waals surface area contributed by atoms with Gasteiger partial charge in [-0.2, -0.15) is 0 Å². The molecule has 5 heteroatoms. The average Bonchev–Trinajstić information content (AvgIpc) is 2.32. The van der Waals surface area contributed by atoms with Crippen molar-refractivity contribution in [3.8, 4) is 0 Å². The van der Waals surface area contributed by atoms with E-state index < -0.39 is 0 Å². The smallest absolute Gasteiger partial charge is 0.227 e. The van der Waals surface area contributed by atoms with Crippen molar-refractivity contribution >= 4 is 11.6 Å². The Morgan fingerprint density at radius 2 is 1.65 bits per heavy atom. The van der Waals surface area contributed by atoms with Gasteiger partial charge in [0.15, 0.2) is 0 Å². The van der Waals surface area contributed by atoms with Crippen LogP contribution in [0.4, 0.5) is 5.69 Å². The summed E-state index contributed by atoms with van der Waals surface area (Å²) in [6, 6.07) is 7.07. The van der Waals surface area contributed by atoms with E-state index in [-0.39, 0.29) is 38.6 Å². The van der Waals surface area contributed by atoms with Crippen LogP contribution in [0, 0.1) is 0 Å². The molecule has 0 aliphatic carbocycles.